The van der Waals surface area contributed by atoms with Crippen molar-refractivity contribution < 1.29 is 9.84 Å². The summed E-state index contributed by atoms with van der Waals surface area (Å²) in [7, 11) is 1.64. The molecule has 0 bridgehead atoms. The first-order valence-corrected chi connectivity index (χ1v) is 5.72. The SMILES string of the molecule is COc1cccnc1NCCCCCCO. The fourth-order valence-corrected chi connectivity index (χ4v) is 1.49. The molecule has 1 heterocycles. The predicted octanol–water partition coefficient (Wildman–Crippen LogP) is 2.05. The van der Waals surface area contributed by atoms with Crippen molar-refractivity contribution in [1.82, 2.24) is 4.98 Å². The molecule has 0 spiro atoms. The van der Waals surface area contributed by atoms with Gasteiger partial charge in [0.05, 0.1) is 7.11 Å². The van der Waals surface area contributed by atoms with Crippen LogP contribution in [0.1, 0.15) is 25.7 Å². The highest BCUT2D eigenvalue weighted by Gasteiger charge is 2.00. The topological polar surface area (TPSA) is 54.4 Å². The number of rotatable bonds is 8. The van der Waals surface area contributed by atoms with Crippen molar-refractivity contribution >= 4 is 5.82 Å². The average molecular weight is 224 g/mol. The van der Waals surface area contributed by atoms with Crippen LogP contribution in [0.2, 0.25) is 0 Å². The molecule has 90 valence electrons. The first-order chi connectivity index (χ1) is 7.88. The van der Waals surface area contributed by atoms with Crippen LogP contribution in [-0.2, 0) is 0 Å². The molecule has 0 amide bonds. The first kappa shape index (κ1) is 12.8. The van der Waals surface area contributed by atoms with Gasteiger partial charge in [-0.15, -0.1) is 0 Å². The Labute approximate surface area is 96.7 Å². The summed E-state index contributed by atoms with van der Waals surface area (Å²) in [6.45, 7) is 1.18. The van der Waals surface area contributed by atoms with E-state index in [0.717, 1.165) is 43.8 Å². The number of anilines is 1. The van der Waals surface area contributed by atoms with Gasteiger partial charge >= 0.3 is 0 Å². The molecule has 2 N–H and O–H groups in total. The minimum atomic E-state index is 0.293. The number of unbranched alkanes of at least 4 members (excludes halogenated alkanes) is 3. The van der Waals surface area contributed by atoms with E-state index in [1.54, 1.807) is 13.3 Å². The number of ether oxygens (including phenoxy) is 1. The third kappa shape index (κ3) is 4.49. The molecule has 0 aliphatic rings. The maximum absolute atomic E-state index is 8.63. The highest BCUT2D eigenvalue weighted by atomic mass is 16.5. The van der Waals surface area contributed by atoms with Crippen molar-refractivity contribution in [2.45, 2.75) is 25.7 Å². The molecule has 16 heavy (non-hydrogen) atoms. The van der Waals surface area contributed by atoms with Crippen LogP contribution in [0.15, 0.2) is 18.3 Å². The van der Waals surface area contributed by atoms with Crippen LogP contribution in [0.4, 0.5) is 5.82 Å². The number of nitrogens with one attached hydrogen (secondary N) is 1. The summed E-state index contributed by atoms with van der Waals surface area (Å²) in [4.78, 5) is 4.21. The number of aromatic nitrogens is 1. The molecular weight excluding hydrogens is 204 g/mol. The molecule has 1 aromatic rings. The summed E-state index contributed by atoms with van der Waals surface area (Å²) in [5.74, 6) is 1.57. The zero-order valence-corrected chi connectivity index (χ0v) is 9.78. The van der Waals surface area contributed by atoms with Crippen molar-refractivity contribution in [1.29, 1.82) is 0 Å². The maximum atomic E-state index is 8.63. The molecule has 0 atom stereocenters. The van der Waals surface area contributed by atoms with E-state index in [1.807, 2.05) is 12.1 Å². The maximum Gasteiger partial charge on any atom is 0.168 e. The minimum Gasteiger partial charge on any atom is -0.493 e. The van der Waals surface area contributed by atoms with Crippen molar-refractivity contribution in [3.05, 3.63) is 18.3 Å². The van der Waals surface area contributed by atoms with Gasteiger partial charge in [-0.05, 0) is 25.0 Å². The van der Waals surface area contributed by atoms with Crippen molar-refractivity contribution in [2.24, 2.45) is 0 Å². The van der Waals surface area contributed by atoms with Crippen molar-refractivity contribution in [3.63, 3.8) is 0 Å². The minimum absolute atomic E-state index is 0.293. The van der Waals surface area contributed by atoms with Gasteiger partial charge in [-0.25, -0.2) is 4.98 Å². The number of methoxy groups -OCH3 is 1. The molecule has 0 saturated heterocycles. The van der Waals surface area contributed by atoms with E-state index in [4.69, 9.17) is 9.84 Å². The highest BCUT2D eigenvalue weighted by molar-refractivity contribution is 5.49. The number of hydrogen-bond donors (Lipinski definition) is 2. The molecule has 1 rings (SSSR count). The predicted molar refractivity (Wildman–Crippen MR) is 64.8 cm³/mol. The monoisotopic (exact) mass is 224 g/mol. The van der Waals surface area contributed by atoms with Gasteiger partial charge in [0.25, 0.3) is 0 Å². The van der Waals surface area contributed by atoms with Crippen LogP contribution >= 0.6 is 0 Å². The quantitative estimate of drug-likeness (QED) is 0.664. The number of aliphatic hydroxyl groups excluding tert-OH is 1. The van der Waals surface area contributed by atoms with Crippen LogP contribution < -0.4 is 10.1 Å². The number of nitrogens with zero attached hydrogens (tertiary/aromatic N) is 1. The highest BCUT2D eigenvalue weighted by Crippen LogP contribution is 2.19. The van der Waals surface area contributed by atoms with E-state index < -0.39 is 0 Å². The molecule has 0 aliphatic carbocycles. The zero-order chi connectivity index (χ0) is 11.6. The lowest BCUT2D eigenvalue weighted by Crippen LogP contribution is -2.04. The molecule has 0 aliphatic heterocycles. The largest absolute Gasteiger partial charge is 0.493 e. The van der Waals surface area contributed by atoms with Gasteiger partial charge in [-0.1, -0.05) is 12.8 Å². The van der Waals surface area contributed by atoms with Crippen molar-refractivity contribution in [3.8, 4) is 5.75 Å². The van der Waals surface area contributed by atoms with Crippen molar-refractivity contribution in [2.75, 3.05) is 25.6 Å². The summed E-state index contributed by atoms with van der Waals surface area (Å²) in [6.07, 6.45) is 5.93. The van der Waals surface area contributed by atoms with Gasteiger partial charge in [0, 0.05) is 19.3 Å². The van der Waals surface area contributed by atoms with E-state index in [0.29, 0.717) is 6.61 Å². The lowest BCUT2D eigenvalue weighted by atomic mass is 10.2. The first-order valence-electron chi connectivity index (χ1n) is 5.72. The van der Waals surface area contributed by atoms with Crippen LogP contribution in [0, 0.1) is 0 Å². The second kappa shape index (κ2) is 7.93. The standard InChI is InChI=1S/C12H20N2O2/c1-16-11-7-6-9-14-12(11)13-8-4-2-3-5-10-15/h6-7,9,15H,2-5,8,10H2,1H3,(H,13,14). The van der Waals surface area contributed by atoms with E-state index in [1.165, 1.54) is 0 Å². The molecule has 0 unspecified atom stereocenters. The van der Waals surface area contributed by atoms with Gasteiger partial charge in [-0.2, -0.15) is 0 Å². The Morgan fingerprint density at radius 1 is 1.31 bits per heavy atom. The normalized spacial score (nSPS) is 10.1. The van der Waals surface area contributed by atoms with Gasteiger partial charge in [-0.3, -0.25) is 0 Å². The number of aliphatic hydroxyl groups is 1. The Bertz CT molecular complexity index is 292. The van der Waals surface area contributed by atoms with Crippen LogP contribution in [-0.4, -0.2) is 30.4 Å². The summed E-state index contributed by atoms with van der Waals surface area (Å²) < 4.78 is 5.18. The van der Waals surface area contributed by atoms with Crippen LogP contribution in [0.5, 0.6) is 5.75 Å². The fourth-order valence-electron chi connectivity index (χ4n) is 1.49. The van der Waals surface area contributed by atoms with Gasteiger partial charge in [0.2, 0.25) is 0 Å². The zero-order valence-electron chi connectivity index (χ0n) is 9.78. The summed E-state index contributed by atoms with van der Waals surface area (Å²) in [5, 5.41) is 11.9. The summed E-state index contributed by atoms with van der Waals surface area (Å²) in [5.41, 5.74) is 0. The molecule has 0 aromatic carbocycles. The third-order valence-corrected chi connectivity index (χ3v) is 2.37. The molecule has 4 heteroatoms. The lowest BCUT2D eigenvalue weighted by Gasteiger charge is -2.09. The number of hydrogen-bond acceptors (Lipinski definition) is 4. The molecule has 0 saturated carbocycles. The fraction of sp³-hybridized carbons (Fsp3) is 0.583. The second-order valence-corrected chi connectivity index (χ2v) is 3.62. The Hall–Kier alpha value is -1.29. The average Bonchev–Trinajstić information content (AvgIpc) is 2.34. The lowest BCUT2D eigenvalue weighted by molar-refractivity contribution is 0.283. The third-order valence-electron chi connectivity index (χ3n) is 2.37. The second-order valence-electron chi connectivity index (χ2n) is 3.62. The smallest absolute Gasteiger partial charge is 0.168 e. The van der Waals surface area contributed by atoms with Gasteiger partial charge in [0.15, 0.2) is 11.6 Å². The van der Waals surface area contributed by atoms with E-state index >= 15 is 0 Å². The Kier molecular flexibility index (Phi) is 6.33. The molecule has 0 fully saturated rings. The van der Waals surface area contributed by atoms with Gasteiger partial charge < -0.3 is 15.2 Å². The molecular formula is C12H20N2O2. The molecule has 4 nitrogen and oxygen atoms in total. The Morgan fingerprint density at radius 3 is 2.88 bits per heavy atom. The Morgan fingerprint density at radius 2 is 2.12 bits per heavy atom. The number of pyridine rings is 1. The van der Waals surface area contributed by atoms with Gasteiger partial charge in [0.1, 0.15) is 0 Å². The molecule has 1 aromatic heterocycles. The molecule has 0 radical (unpaired) electrons. The van der Waals surface area contributed by atoms with E-state index in [9.17, 15) is 0 Å². The summed E-state index contributed by atoms with van der Waals surface area (Å²) in [6, 6.07) is 3.74. The summed E-state index contributed by atoms with van der Waals surface area (Å²) >= 11 is 0. The Balaban J connectivity index is 2.21. The van der Waals surface area contributed by atoms with Crippen LogP contribution in [0.25, 0.3) is 0 Å². The van der Waals surface area contributed by atoms with E-state index in [2.05, 4.69) is 10.3 Å². The van der Waals surface area contributed by atoms with Crippen LogP contribution in [0.3, 0.4) is 0 Å². The van der Waals surface area contributed by atoms with E-state index in [-0.39, 0.29) is 0 Å².